The predicted octanol–water partition coefficient (Wildman–Crippen LogP) is 3.16. The summed E-state index contributed by atoms with van der Waals surface area (Å²) in [5, 5.41) is 17.6. The molecule has 1 saturated heterocycles. The smallest absolute Gasteiger partial charge is 0.147 e. The number of nitrogens with zero attached hydrogens (tertiary/aromatic N) is 1. The van der Waals surface area contributed by atoms with E-state index in [1.54, 1.807) is 6.07 Å². The highest BCUT2D eigenvalue weighted by Crippen LogP contribution is 2.30. The second-order valence-electron chi connectivity index (χ2n) is 5.27. The topological polar surface area (TPSA) is 66.4 Å². The van der Waals surface area contributed by atoms with Gasteiger partial charge in [-0.3, -0.25) is 0 Å². The molecule has 0 aliphatic carbocycles. The third kappa shape index (κ3) is 4.61. The molecule has 118 valence electrons. The van der Waals surface area contributed by atoms with Gasteiger partial charge in [0.25, 0.3) is 0 Å². The van der Waals surface area contributed by atoms with E-state index in [4.69, 9.17) is 27.9 Å². The van der Waals surface area contributed by atoms with Crippen LogP contribution in [0.15, 0.2) is 6.07 Å². The lowest BCUT2D eigenvalue weighted by Crippen LogP contribution is -2.42. The van der Waals surface area contributed by atoms with Crippen LogP contribution < -0.4 is 10.6 Å². The number of pyridine rings is 1. The monoisotopic (exact) mass is 333 g/mol. The minimum atomic E-state index is -0.778. The Kier molecular flexibility index (Phi) is 5.93. The summed E-state index contributed by atoms with van der Waals surface area (Å²) in [4.78, 5) is 4.40. The van der Waals surface area contributed by atoms with Crippen LogP contribution in [0.1, 0.15) is 26.2 Å². The van der Waals surface area contributed by atoms with Crippen LogP contribution >= 0.6 is 23.2 Å². The molecule has 0 unspecified atom stereocenters. The fraction of sp³-hybridized carbons (Fsp3) is 0.643. The number of hydrogen-bond donors (Lipinski definition) is 3. The molecule has 1 aromatic rings. The summed E-state index contributed by atoms with van der Waals surface area (Å²) in [6, 6.07) is 1.66. The first-order chi connectivity index (χ1) is 10.0. The number of nitrogens with one attached hydrogen (secondary N) is 2. The van der Waals surface area contributed by atoms with E-state index in [0.717, 1.165) is 13.0 Å². The van der Waals surface area contributed by atoms with Crippen LogP contribution in [0.3, 0.4) is 0 Å². The van der Waals surface area contributed by atoms with E-state index in [-0.39, 0.29) is 0 Å². The standard InChI is InChI=1S/C14H21Cl2N3O2/c1-2-5-17-12-10(15)8-11(16)13(19-12)18-9-14(20)3-6-21-7-4-14/h8,20H,2-7,9H2,1H3,(H2,17,18,19). The lowest BCUT2D eigenvalue weighted by molar-refractivity contribution is -0.0543. The predicted molar refractivity (Wildman–Crippen MR) is 86.5 cm³/mol. The number of hydrogen-bond acceptors (Lipinski definition) is 5. The van der Waals surface area contributed by atoms with E-state index >= 15 is 0 Å². The van der Waals surface area contributed by atoms with Crippen LogP contribution in [-0.2, 0) is 4.74 Å². The van der Waals surface area contributed by atoms with E-state index in [1.165, 1.54) is 0 Å². The van der Waals surface area contributed by atoms with Crippen molar-refractivity contribution >= 4 is 34.8 Å². The highest BCUT2D eigenvalue weighted by molar-refractivity contribution is 6.37. The van der Waals surface area contributed by atoms with Crippen molar-refractivity contribution in [1.29, 1.82) is 0 Å². The quantitative estimate of drug-likeness (QED) is 0.746. The minimum absolute atomic E-state index is 0.387. The number of aromatic nitrogens is 1. The number of rotatable bonds is 6. The molecular weight excluding hydrogens is 313 g/mol. The van der Waals surface area contributed by atoms with Crippen LogP contribution in [0.2, 0.25) is 10.0 Å². The van der Waals surface area contributed by atoms with Crippen LogP contribution in [0.5, 0.6) is 0 Å². The second kappa shape index (κ2) is 7.49. The van der Waals surface area contributed by atoms with Crippen molar-refractivity contribution in [3.63, 3.8) is 0 Å². The molecule has 0 amide bonds. The molecule has 0 aromatic carbocycles. The maximum Gasteiger partial charge on any atom is 0.147 e. The SMILES string of the molecule is CCCNc1nc(NCC2(O)CCOCC2)c(Cl)cc1Cl. The van der Waals surface area contributed by atoms with Crippen molar-refractivity contribution in [3.8, 4) is 0 Å². The second-order valence-corrected chi connectivity index (χ2v) is 6.08. The van der Waals surface area contributed by atoms with Crippen molar-refractivity contribution in [2.24, 2.45) is 0 Å². The van der Waals surface area contributed by atoms with E-state index in [2.05, 4.69) is 22.5 Å². The van der Waals surface area contributed by atoms with Gasteiger partial charge in [0.05, 0.1) is 15.6 Å². The molecule has 2 heterocycles. The van der Waals surface area contributed by atoms with Crippen molar-refractivity contribution in [2.75, 3.05) is 36.9 Å². The average molecular weight is 334 g/mol. The molecule has 0 radical (unpaired) electrons. The Balaban J connectivity index is 2.04. The molecule has 1 aliphatic heterocycles. The normalized spacial score (nSPS) is 17.5. The first-order valence-electron chi connectivity index (χ1n) is 7.18. The van der Waals surface area contributed by atoms with Gasteiger partial charge in [0, 0.05) is 39.1 Å². The number of anilines is 2. The number of ether oxygens (including phenoxy) is 1. The zero-order chi connectivity index (χ0) is 15.3. The Morgan fingerprint density at radius 3 is 2.48 bits per heavy atom. The summed E-state index contributed by atoms with van der Waals surface area (Å²) in [7, 11) is 0. The van der Waals surface area contributed by atoms with E-state index in [0.29, 0.717) is 54.3 Å². The zero-order valence-corrected chi connectivity index (χ0v) is 13.6. The lowest BCUT2D eigenvalue weighted by Gasteiger charge is -2.32. The molecule has 1 aromatic heterocycles. The Bertz CT molecular complexity index is 480. The Morgan fingerprint density at radius 1 is 1.24 bits per heavy atom. The third-order valence-corrected chi connectivity index (χ3v) is 4.06. The van der Waals surface area contributed by atoms with Gasteiger partial charge < -0.3 is 20.5 Å². The van der Waals surface area contributed by atoms with Gasteiger partial charge in [-0.15, -0.1) is 0 Å². The summed E-state index contributed by atoms with van der Waals surface area (Å²) in [5.74, 6) is 1.13. The van der Waals surface area contributed by atoms with Gasteiger partial charge in [-0.1, -0.05) is 30.1 Å². The molecule has 0 bridgehead atoms. The van der Waals surface area contributed by atoms with Gasteiger partial charge in [-0.2, -0.15) is 0 Å². The molecule has 7 heteroatoms. The molecule has 0 spiro atoms. The molecule has 1 fully saturated rings. The fourth-order valence-electron chi connectivity index (χ4n) is 2.13. The van der Waals surface area contributed by atoms with Gasteiger partial charge in [-0.05, 0) is 12.5 Å². The van der Waals surface area contributed by atoms with Crippen LogP contribution in [0.25, 0.3) is 0 Å². The zero-order valence-electron chi connectivity index (χ0n) is 12.1. The molecule has 5 nitrogen and oxygen atoms in total. The Hall–Kier alpha value is -0.750. The first-order valence-corrected chi connectivity index (χ1v) is 7.93. The van der Waals surface area contributed by atoms with Crippen LogP contribution in [0.4, 0.5) is 11.6 Å². The molecule has 0 saturated carbocycles. The summed E-state index contributed by atoms with van der Waals surface area (Å²) >= 11 is 12.3. The van der Waals surface area contributed by atoms with E-state index in [9.17, 15) is 5.11 Å². The molecule has 2 rings (SSSR count). The molecule has 1 aliphatic rings. The molecule has 3 N–H and O–H groups in total. The number of aliphatic hydroxyl groups is 1. The Morgan fingerprint density at radius 2 is 1.86 bits per heavy atom. The van der Waals surface area contributed by atoms with Gasteiger partial charge in [0.1, 0.15) is 11.6 Å². The van der Waals surface area contributed by atoms with Crippen molar-refractivity contribution in [3.05, 3.63) is 16.1 Å². The summed E-state index contributed by atoms with van der Waals surface area (Å²) in [6.45, 7) is 4.39. The summed E-state index contributed by atoms with van der Waals surface area (Å²) < 4.78 is 5.26. The minimum Gasteiger partial charge on any atom is -0.388 e. The maximum atomic E-state index is 10.4. The van der Waals surface area contributed by atoms with Crippen molar-refractivity contribution < 1.29 is 9.84 Å². The molecular formula is C14H21Cl2N3O2. The fourth-order valence-corrected chi connectivity index (χ4v) is 2.63. The van der Waals surface area contributed by atoms with E-state index < -0.39 is 5.60 Å². The van der Waals surface area contributed by atoms with E-state index in [1.807, 2.05) is 0 Å². The van der Waals surface area contributed by atoms with Gasteiger partial charge in [-0.25, -0.2) is 4.98 Å². The molecule has 21 heavy (non-hydrogen) atoms. The summed E-state index contributed by atoms with van der Waals surface area (Å²) in [5.41, 5.74) is -0.778. The Labute approximate surface area is 135 Å². The first kappa shape index (κ1) is 16.6. The van der Waals surface area contributed by atoms with Crippen LogP contribution in [0, 0.1) is 0 Å². The van der Waals surface area contributed by atoms with Crippen molar-refractivity contribution in [1.82, 2.24) is 4.98 Å². The highest BCUT2D eigenvalue weighted by atomic mass is 35.5. The van der Waals surface area contributed by atoms with Crippen molar-refractivity contribution in [2.45, 2.75) is 31.8 Å². The number of halogens is 2. The highest BCUT2D eigenvalue weighted by Gasteiger charge is 2.29. The van der Waals surface area contributed by atoms with Gasteiger partial charge >= 0.3 is 0 Å². The van der Waals surface area contributed by atoms with Gasteiger partial charge in [0.15, 0.2) is 0 Å². The largest absolute Gasteiger partial charge is 0.388 e. The van der Waals surface area contributed by atoms with Crippen LogP contribution in [-0.4, -0.2) is 42.0 Å². The average Bonchev–Trinajstić information content (AvgIpc) is 2.46. The summed E-state index contributed by atoms with van der Waals surface area (Å²) in [6.07, 6.45) is 2.18. The maximum absolute atomic E-state index is 10.4. The van der Waals surface area contributed by atoms with Gasteiger partial charge in [0.2, 0.25) is 0 Å². The molecule has 0 atom stereocenters. The lowest BCUT2D eigenvalue weighted by atomic mass is 9.94. The third-order valence-electron chi connectivity index (χ3n) is 3.48.